The number of halogens is 2. The summed E-state index contributed by atoms with van der Waals surface area (Å²) in [4.78, 5) is 0. The summed E-state index contributed by atoms with van der Waals surface area (Å²) in [5.41, 5.74) is 0.572. The van der Waals surface area contributed by atoms with E-state index in [1.54, 1.807) is 12.1 Å². The summed E-state index contributed by atoms with van der Waals surface area (Å²) in [6.45, 7) is 6.11. The summed E-state index contributed by atoms with van der Waals surface area (Å²) < 4.78 is 14.3. The highest BCUT2D eigenvalue weighted by Crippen LogP contribution is 2.21. The predicted octanol–water partition coefficient (Wildman–Crippen LogP) is 3.78. The van der Waals surface area contributed by atoms with Crippen molar-refractivity contribution in [3.63, 3.8) is 0 Å². The van der Waals surface area contributed by atoms with Gasteiger partial charge in [0.1, 0.15) is 5.82 Å². The highest BCUT2D eigenvalue weighted by molar-refractivity contribution is 9.10. The summed E-state index contributed by atoms with van der Waals surface area (Å²) in [5, 5.41) is 9.96. The highest BCUT2D eigenvalue weighted by atomic mass is 79.9. The molecule has 1 nitrogen and oxygen atoms in total. The third kappa shape index (κ3) is 3.56. The van der Waals surface area contributed by atoms with E-state index >= 15 is 0 Å². The van der Waals surface area contributed by atoms with Crippen molar-refractivity contribution >= 4 is 15.9 Å². The van der Waals surface area contributed by atoms with Gasteiger partial charge in [0.05, 0.1) is 6.10 Å². The van der Waals surface area contributed by atoms with Gasteiger partial charge in [-0.25, -0.2) is 4.39 Å². The van der Waals surface area contributed by atoms with Gasteiger partial charge in [-0.15, -0.1) is 0 Å². The van der Waals surface area contributed by atoms with Gasteiger partial charge in [-0.3, -0.25) is 0 Å². The summed E-state index contributed by atoms with van der Waals surface area (Å²) in [7, 11) is 0. The van der Waals surface area contributed by atoms with E-state index in [9.17, 15) is 9.50 Å². The molecule has 0 aromatic heterocycles. The lowest BCUT2D eigenvalue weighted by Crippen LogP contribution is -2.24. The molecule has 0 aliphatic carbocycles. The summed E-state index contributed by atoms with van der Waals surface area (Å²) in [6, 6.07) is 4.95. The van der Waals surface area contributed by atoms with Gasteiger partial charge in [-0.1, -0.05) is 42.8 Å². The lowest BCUT2D eigenvalue weighted by molar-refractivity contribution is 0.0913. The van der Waals surface area contributed by atoms with Gasteiger partial charge in [0.25, 0.3) is 0 Å². The Kier molecular flexibility index (Phi) is 4.93. The van der Waals surface area contributed by atoms with E-state index < -0.39 is 6.10 Å². The Balaban J connectivity index is 2.73. The van der Waals surface area contributed by atoms with Gasteiger partial charge in [0, 0.05) is 10.9 Å². The molecule has 90 valence electrons. The molecular formula is C13H18BrFO. The molecule has 2 atom stereocenters. The quantitative estimate of drug-likeness (QED) is 0.894. The Morgan fingerprint density at radius 1 is 1.31 bits per heavy atom. The molecule has 2 unspecified atom stereocenters. The van der Waals surface area contributed by atoms with Crippen molar-refractivity contribution in [2.75, 3.05) is 0 Å². The van der Waals surface area contributed by atoms with Crippen LogP contribution in [0.15, 0.2) is 22.7 Å². The molecule has 0 spiro atoms. The average Bonchev–Trinajstić information content (AvgIpc) is 2.20. The molecule has 3 heteroatoms. The Hall–Kier alpha value is -0.410. The number of benzene rings is 1. The lowest BCUT2D eigenvalue weighted by Gasteiger charge is -2.22. The topological polar surface area (TPSA) is 20.2 Å². The van der Waals surface area contributed by atoms with Crippen molar-refractivity contribution in [1.82, 2.24) is 0 Å². The fourth-order valence-electron chi connectivity index (χ4n) is 1.54. The molecule has 0 aliphatic heterocycles. The monoisotopic (exact) mass is 288 g/mol. The Labute approximate surface area is 105 Å². The molecule has 0 saturated carbocycles. The van der Waals surface area contributed by atoms with Crippen molar-refractivity contribution in [1.29, 1.82) is 0 Å². The second kappa shape index (κ2) is 5.78. The van der Waals surface area contributed by atoms with E-state index in [2.05, 4.69) is 29.8 Å². The Bertz CT molecular complexity index is 352. The normalized spacial score (nSPS) is 15.2. The minimum absolute atomic E-state index is 0.169. The summed E-state index contributed by atoms with van der Waals surface area (Å²) >= 11 is 3.21. The van der Waals surface area contributed by atoms with Crippen LogP contribution in [-0.2, 0) is 6.42 Å². The Morgan fingerprint density at radius 3 is 2.44 bits per heavy atom. The van der Waals surface area contributed by atoms with Crippen LogP contribution in [0.2, 0.25) is 0 Å². The van der Waals surface area contributed by atoms with Crippen LogP contribution in [0.1, 0.15) is 26.3 Å². The molecule has 1 aromatic rings. The van der Waals surface area contributed by atoms with Crippen LogP contribution in [-0.4, -0.2) is 11.2 Å². The van der Waals surface area contributed by atoms with Gasteiger partial charge in [-0.2, -0.15) is 0 Å². The van der Waals surface area contributed by atoms with Crippen molar-refractivity contribution < 1.29 is 9.50 Å². The minimum Gasteiger partial charge on any atom is -0.392 e. The lowest BCUT2D eigenvalue weighted by atomic mass is 9.89. The smallest absolute Gasteiger partial charge is 0.127 e. The van der Waals surface area contributed by atoms with Crippen LogP contribution < -0.4 is 0 Å². The van der Waals surface area contributed by atoms with Crippen LogP contribution in [0.5, 0.6) is 0 Å². The first-order chi connectivity index (χ1) is 7.41. The molecule has 16 heavy (non-hydrogen) atoms. The first kappa shape index (κ1) is 13.7. The standard InChI is InChI=1S/C13H18BrFO/c1-8(2)9(3)13(16)6-10-4-5-11(14)7-12(10)15/h4-5,7-9,13,16H,6H2,1-3H3. The molecule has 0 heterocycles. The number of rotatable bonds is 4. The average molecular weight is 289 g/mol. The molecule has 0 bridgehead atoms. The maximum atomic E-state index is 13.5. The third-order valence-electron chi connectivity index (χ3n) is 3.10. The Morgan fingerprint density at radius 2 is 1.94 bits per heavy atom. The predicted molar refractivity (Wildman–Crippen MR) is 67.8 cm³/mol. The van der Waals surface area contributed by atoms with Gasteiger partial charge in [0.2, 0.25) is 0 Å². The van der Waals surface area contributed by atoms with Gasteiger partial charge in [-0.05, 0) is 29.5 Å². The second-order valence-corrected chi connectivity index (χ2v) is 5.53. The first-order valence-electron chi connectivity index (χ1n) is 5.53. The molecule has 0 saturated heterocycles. The molecule has 1 aromatic carbocycles. The molecular weight excluding hydrogens is 271 g/mol. The zero-order valence-corrected chi connectivity index (χ0v) is 11.5. The first-order valence-corrected chi connectivity index (χ1v) is 6.33. The fourth-order valence-corrected chi connectivity index (χ4v) is 1.88. The zero-order chi connectivity index (χ0) is 12.3. The molecule has 0 radical (unpaired) electrons. The SMILES string of the molecule is CC(C)C(C)C(O)Cc1ccc(Br)cc1F. The van der Waals surface area contributed by atoms with E-state index in [1.165, 1.54) is 6.07 Å². The molecule has 1 rings (SSSR count). The molecule has 0 aliphatic rings. The zero-order valence-electron chi connectivity index (χ0n) is 9.87. The summed E-state index contributed by atoms with van der Waals surface area (Å²) in [6.07, 6.45) is -0.117. The van der Waals surface area contributed by atoms with Gasteiger partial charge < -0.3 is 5.11 Å². The van der Waals surface area contributed by atoms with Crippen LogP contribution in [0.25, 0.3) is 0 Å². The number of hydrogen-bond donors (Lipinski definition) is 1. The molecule has 0 fully saturated rings. The molecule has 0 amide bonds. The maximum absolute atomic E-state index is 13.5. The van der Waals surface area contributed by atoms with Crippen molar-refractivity contribution in [3.05, 3.63) is 34.1 Å². The van der Waals surface area contributed by atoms with Crippen molar-refractivity contribution in [3.8, 4) is 0 Å². The van der Waals surface area contributed by atoms with Crippen LogP contribution in [0.3, 0.4) is 0 Å². The van der Waals surface area contributed by atoms with Crippen LogP contribution >= 0.6 is 15.9 Å². The number of aliphatic hydroxyl groups excluding tert-OH is 1. The van der Waals surface area contributed by atoms with E-state index in [-0.39, 0.29) is 11.7 Å². The van der Waals surface area contributed by atoms with Crippen LogP contribution in [0.4, 0.5) is 4.39 Å². The number of aliphatic hydroxyl groups is 1. The van der Waals surface area contributed by atoms with E-state index in [1.807, 2.05) is 6.92 Å². The molecule has 1 N–H and O–H groups in total. The van der Waals surface area contributed by atoms with Gasteiger partial charge in [0.15, 0.2) is 0 Å². The summed E-state index contributed by atoms with van der Waals surface area (Å²) in [5.74, 6) is 0.306. The third-order valence-corrected chi connectivity index (χ3v) is 3.60. The van der Waals surface area contributed by atoms with Gasteiger partial charge >= 0.3 is 0 Å². The fraction of sp³-hybridized carbons (Fsp3) is 0.538. The van der Waals surface area contributed by atoms with Crippen LogP contribution in [0, 0.1) is 17.7 Å². The minimum atomic E-state index is -0.490. The van der Waals surface area contributed by atoms with E-state index in [0.29, 0.717) is 17.9 Å². The maximum Gasteiger partial charge on any atom is 0.127 e. The van der Waals surface area contributed by atoms with Crippen molar-refractivity contribution in [2.24, 2.45) is 11.8 Å². The largest absolute Gasteiger partial charge is 0.392 e. The van der Waals surface area contributed by atoms with Crippen molar-refractivity contribution in [2.45, 2.75) is 33.3 Å². The van der Waals surface area contributed by atoms with E-state index in [4.69, 9.17) is 0 Å². The highest BCUT2D eigenvalue weighted by Gasteiger charge is 2.19. The second-order valence-electron chi connectivity index (χ2n) is 4.61. The van der Waals surface area contributed by atoms with E-state index in [0.717, 1.165) is 4.47 Å². The number of hydrogen-bond acceptors (Lipinski definition) is 1.